The molecule has 0 heterocycles. The number of rotatable bonds is 6. The summed E-state index contributed by atoms with van der Waals surface area (Å²) >= 11 is 0. The van der Waals surface area contributed by atoms with Gasteiger partial charge in [-0.05, 0) is 43.5 Å². The number of aryl methyl sites for hydroxylation is 1. The van der Waals surface area contributed by atoms with E-state index < -0.39 is 4.92 Å². The number of hydrogen-bond donors (Lipinski definition) is 2. The largest absolute Gasteiger partial charge is 0.357 e. The molecule has 0 amide bonds. The standard InChI is InChI=1S/C19H23FN4O2/c1-4-21-19(22-12-15-6-9-17(10-7-15)24(25)26)23-14(3)16-8-5-13(2)18(20)11-16/h5-11,14H,4,12H2,1-3H3,(H2,21,22,23). The molecule has 2 aromatic carbocycles. The zero-order valence-corrected chi connectivity index (χ0v) is 15.1. The van der Waals surface area contributed by atoms with Crippen LogP contribution in [0, 0.1) is 22.9 Å². The van der Waals surface area contributed by atoms with E-state index in [1.165, 1.54) is 18.2 Å². The molecular weight excluding hydrogens is 335 g/mol. The molecule has 0 aliphatic heterocycles. The molecule has 0 aliphatic rings. The van der Waals surface area contributed by atoms with Crippen molar-refractivity contribution in [2.24, 2.45) is 4.99 Å². The first-order chi connectivity index (χ1) is 12.4. The van der Waals surface area contributed by atoms with Gasteiger partial charge in [-0.25, -0.2) is 9.38 Å². The van der Waals surface area contributed by atoms with Gasteiger partial charge in [-0.1, -0.05) is 24.3 Å². The summed E-state index contributed by atoms with van der Waals surface area (Å²) in [6, 6.07) is 11.3. The summed E-state index contributed by atoms with van der Waals surface area (Å²) in [5.41, 5.74) is 2.35. The van der Waals surface area contributed by atoms with Gasteiger partial charge in [0, 0.05) is 18.7 Å². The van der Waals surface area contributed by atoms with Gasteiger partial charge in [-0.2, -0.15) is 0 Å². The topological polar surface area (TPSA) is 79.6 Å². The van der Waals surface area contributed by atoms with Crippen molar-refractivity contribution in [3.63, 3.8) is 0 Å². The molecule has 0 spiro atoms. The van der Waals surface area contributed by atoms with Crippen LogP contribution in [0.5, 0.6) is 0 Å². The number of nitro groups is 1. The van der Waals surface area contributed by atoms with Crippen LogP contribution < -0.4 is 10.6 Å². The van der Waals surface area contributed by atoms with Gasteiger partial charge >= 0.3 is 0 Å². The van der Waals surface area contributed by atoms with E-state index >= 15 is 0 Å². The Morgan fingerprint density at radius 3 is 2.54 bits per heavy atom. The molecule has 0 aromatic heterocycles. The van der Waals surface area contributed by atoms with E-state index in [-0.39, 0.29) is 17.5 Å². The monoisotopic (exact) mass is 358 g/mol. The number of nitrogens with zero attached hydrogens (tertiary/aromatic N) is 2. The molecular formula is C19H23FN4O2. The highest BCUT2D eigenvalue weighted by molar-refractivity contribution is 5.80. The van der Waals surface area contributed by atoms with Gasteiger partial charge in [0.1, 0.15) is 5.82 Å². The zero-order valence-electron chi connectivity index (χ0n) is 15.1. The molecule has 0 saturated heterocycles. The summed E-state index contributed by atoms with van der Waals surface area (Å²) in [6.45, 7) is 6.68. The highest BCUT2D eigenvalue weighted by Gasteiger charge is 2.10. The van der Waals surface area contributed by atoms with Crippen molar-refractivity contribution in [2.45, 2.75) is 33.4 Å². The minimum Gasteiger partial charge on any atom is -0.357 e. The summed E-state index contributed by atoms with van der Waals surface area (Å²) in [7, 11) is 0. The minimum absolute atomic E-state index is 0.0535. The van der Waals surface area contributed by atoms with Gasteiger partial charge in [0.2, 0.25) is 0 Å². The summed E-state index contributed by atoms with van der Waals surface area (Å²) in [6.07, 6.45) is 0. The molecule has 1 atom stereocenters. The molecule has 6 nitrogen and oxygen atoms in total. The number of nitro benzene ring substituents is 1. The van der Waals surface area contributed by atoms with Crippen LogP contribution in [0.4, 0.5) is 10.1 Å². The van der Waals surface area contributed by atoms with E-state index in [1.807, 2.05) is 19.9 Å². The molecule has 1 unspecified atom stereocenters. The van der Waals surface area contributed by atoms with E-state index in [9.17, 15) is 14.5 Å². The average Bonchev–Trinajstić information content (AvgIpc) is 2.62. The Morgan fingerprint density at radius 2 is 1.96 bits per heavy atom. The Hall–Kier alpha value is -2.96. The van der Waals surface area contributed by atoms with Crippen molar-refractivity contribution < 1.29 is 9.31 Å². The van der Waals surface area contributed by atoms with Crippen LogP contribution >= 0.6 is 0 Å². The van der Waals surface area contributed by atoms with Gasteiger partial charge in [-0.3, -0.25) is 10.1 Å². The number of halogens is 1. The fraction of sp³-hybridized carbons (Fsp3) is 0.316. The van der Waals surface area contributed by atoms with Crippen LogP contribution in [0.3, 0.4) is 0 Å². The van der Waals surface area contributed by atoms with Crippen LogP contribution in [0.1, 0.15) is 36.6 Å². The molecule has 2 aromatic rings. The number of hydrogen-bond acceptors (Lipinski definition) is 3. The lowest BCUT2D eigenvalue weighted by molar-refractivity contribution is -0.384. The van der Waals surface area contributed by atoms with Crippen LogP contribution in [-0.4, -0.2) is 17.4 Å². The number of aliphatic imine (C=N–C) groups is 1. The first-order valence-electron chi connectivity index (χ1n) is 8.45. The van der Waals surface area contributed by atoms with Crippen molar-refractivity contribution in [1.82, 2.24) is 10.6 Å². The Morgan fingerprint density at radius 1 is 1.27 bits per heavy atom. The van der Waals surface area contributed by atoms with Crippen molar-refractivity contribution in [2.75, 3.05) is 6.54 Å². The van der Waals surface area contributed by atoms with Crippen molar-refractivity contribution in [1.29, 1.82) is 0 Å². The minimum atomic E-state index is -0.430. The van der Waals surface area contributed by atoms with Gasteiger partial charge in [0.05, 0.1) is 17.5 Å². The molecule has 0 radical (unpaired) electrons. The lowest BCUT2D eigenvalue weighted by Gasteiger charge is -2.18. The molecule has 138 valence electrons. The normalized spacial score (nSPS) is 12.5. The maximum Gasteiger partial charge on any atom is 0.269 e. The smallest absolute Gasteiger partial charge is 0.269 e. The van der Waals surface area contributed by atoms with Crippen molar-refractivity contribution in [3.8, 4) is 0 Å². The zero-order chi connectivity index (χ0) is 19.1. The van der Waals surface area contributed by atoms with Gasteiger partial charge < -0.3 is 10.6 Å². The first-order valence-corrected chi connectivity index (χ1v) is 8.45. The maximum atomic E-state index is 13.8. The summed E-state index contributed by atoms with van der Waals surface area (Å²) in [4.78, 5) is 14.8. The molecule has 7 heteroatoms. The van der Waals surface area contributed by atoms with E-state index in [0.29, 0.717) is 24.6 Å². The van der Waals surface area contributed by atoms with Crippen LogP contribution in [-0.2, 0) is 6.54 Å². The van der Waals surface area contributed by atoms with Gasteiger partial charge in [0.25, 0.3) is 5.69 Å². The van der Waals surface area contributed by atoms with Crippen LogP contribution in [0.2, 0.25) is 0 Å². The number of nitrogens with one attached hydrogen (secondary N) is 2. The highest BCUT2D eigenvalue weighted by atomic mass is 19.1. The number of guanidine groups is 1. The quantitative estimate of drug-likeness (QED) is 0.356. The van der Waals surface area contributed by atoms with E-state index in [2.05, 4.69) is 15.6 Å². The predicted molar refractivity (Wildman–Crippen MR) is 101 cm³/mol. The highest BCUT2D eigenvalue weighted by Crippen LogP contribution is 2.16. The van der Waals surface area contributed by atoms with Crippen LogP contribution in [0.25, 0.3) is 0 Å². The maximum absolute atomic E-state index is 13.8. The van der Waals surface area contributed by atoms with Gasteiger partial charge in [-0.15, -0.1) is 0 Å². The Kier molecular flexibility index (Phi) is 6.66. The van der Waals surface area contributed by atoms with Crippen LogP contribution in [0.15, 0.2) is 47.5 Å². The molecule has 26 heavy (non-hydrogen) atoms. The lowest BCUT2D eigenvalue weighted by Crippen LogP contribution is -2.38. The SMILES string of the molecule is CCNC(=NCc1ccc([N+](=O)[O-])cc1)NC(C)c1ccc(C)c(F)c1. The molecule has 2 N–H and O–H groups in total. The van der Waals surface area contributed by atoms with Crippen molar-refractivity contribution >= 4 is 11.6 Å². The molecule has 0 fully saturated rings. The van der Waals surface area contributed by atoms with Crippen molar-refractivity contribution in [3.05, 3.63) is 75.1 Å². The number of non-ortho nitro benzene ring substituents is 1. The van der Waals surface area contributed by atoms with E-state index in [1.54, 1.807) is 25.1 Å². The molecule has 0 aliphatic carbocycles. The lowest BCUT2D eigenvalue weighted by atomic mass is 10.1. The second-order valence-electron chi connectivity index (χ2n) is 5.99. The van der Waals surface area contributed by atoms with Gasteiger partial charge in [0.15, 0.2) is 5.96 Å². The number of benzene rings is 2. The Bertz CT molecular complexity index is 791. The Labute approximate surface area is 152 Å². The third-order valence-corrected chi connectivity index (χ3v) is 3.96. The molecule has 0 saturated carbocycles. The second kappa shape index (κ2) is 8.94. The second-order valence-corrected chi connectivity index (χ2v) is 5.99. The van der Waals surface area contributed by atoms with E-state index in [0.717, 1.165) is 11.1 Å². The Balaban J connectivity index is 2.07. The summed E-state index contributed by atoms with van der Waals surface area (Å²) in [5.74, 6) is 0.364. The summed E-state index contributed by atoms with van der Waals surface area (Å²) in [5, 5.41) is 17.1. The summed E-state index contributed by atoms with van der Waals surface area (Å²) < 4.78 is 13.8. The fourth-order valence-corrected chi connectivity index (χ4v) is 2.38. The third-order valence-electron chi connectivity index (χ3n) is 3.96. The molecule has 2 rings (SSSR count). The van der Waals surface area contributed by atoms with E-state index in [4.69, 9.17) is 0 Å². The molecule has 0 bridgehead atoms. The first kappa shape index (κ1) is 19.4. The fourth-order valence-electron chi connectivity index (χ4n) is 2.38. The third kappa shape index (κ3) is 5.27. The predicted octanol–water partition coefficient (Wildman–Crippen LogP) is 3.86. The average molecular weight is 358 g/mol.